The normalized spacial score (nSPS) is 49.1. The fraction of sp³-hybridized carbons (Fsp3) is 0.917. The minimum Gasteiger partial charge on any atom is -0.481 e. The van der Waals surface area contributed by atoms with Crippen LogP contribution in [0.3, 0.4) is 0 Å². The minimum atomic E-state index is -0.714. The first kappa shape index (κ1) is 20.4. The zero-order valence-electron chi connectivity index (χ0n) is 17.8. The first-order valence-corrected chi connectivity index (χ1v) is 11.6. The van der Waals surface area contributed by atoms with Crippen LogP contribution in [-0.2, 0) is 9.59 Å². The van der Waals surface area contributed by atoms with Crippen molar-refractivity contribution in [3.63, 3.8) is 0 Å². The summed E-state index contributed by atoms with van der Waals surface area (Å²) in [6, 6.07) is 0. The molecule has 4 aliphatic rings. The van der Waals surface area contributed by atoms with Gasteiger partial charge in [0.05, 0.1) is 6.10 Å². The summed E-state index contributed by atoms with van der Waals surface area (Å²) in [5.41, 5.74) is 0.138. The molecule has 4 saturated carbocycles. The second-order valence-electron chi connectivity index (χ2n) is 11.1. The molecule has 4 nitrogen and oxygen atoms in total. The molecule has 9 atom stereocenters. The Balaban J connectivity index is 1.57. The lowest BCUT2D eigenvalue weighted by Gasteiger charge is -2.62. The summed E-state index contributed by atoms with van der Waals surface area (Å²) < 4.78 is 0. The monoisotopic (exact) mass is 390 g/mol. The van der Waals surface area contributed by atoms with Crippen molar-refractivity contribution in [2.24, 2.45) is 46.3 Å². The van der Waals surface area contributed by atoms with Crippen LogP contribution in [-0.4, -0.2) is 28.1 Å². The number of ketones is 1. The number of carboxylic acid groups (broad SMARTS) is 1. The van der Waals surface area contributed by atoms with E-state index in [2.05, 4.69) is 20.8 Å². The fourth-order valence-electron chi connectivity index (χ4n) is 8.52. The SMILES string of the molecule is C[C@@H](CCC(=O)O)[C@H]1CC[C@H]2[C@@H]3CC[C@@H]4CC(=O)CC[C@]4(C)[C@H]3C[C@H](O)[C@]12C. The Morgan fingerprint density at radius 1 is 1.18 bits per heavy atom. The van der Waals surface area contributed by atoms with Crippen LogP contribution < -0.4 is 0 Å². The average Bonchev–Trinajstić information content (AvgIpc) is 3.00. The zero-order valence-corrected chi connectivity index (χ0v) is 17.8. The van der Waals surface area contributed by atoms with Gasteiger partial charge in [-0.2, -0.15) is 0 Å². The number of Topliss-reactive ketones (excluding diaryl/α,β-unsaturated/α-hetero) is 1. The highest BCUT2D eigenvalue weighted by Gasteiger charge is 2.63. The molecule has 0 bridgehead atoms. The van der Waals surface area contributed by atoms with Gasteiger partial charge in [0.25, 0.3) is 0 Å². The van der Waals surface area contributed by atoms with Gasteiger partial charge in [0.2, 0.25) is 0 Å². The molecule has 0 heterocycles. The molecule has 28 heavy (non-hydrogen) atoms. The Bertz CT molecular complexity index is 645. The highest BCUT2D eigenvalue weighted by Crippen LogP contribution is 2.68. The van der Waals surface area contributed by atoms with Gasteiger partial charge in [0.1, 0.15) is 5.78 Å². The molecule has 0 spiro atoms. The second-order valence-corrected chi connectivity index (χ2v) is 11.1. The molecule has 0 aliphatic heterocycles. The smallest absolute Gasteiger partial charge is 0.303 e. The third-order valence-corrected chi connectivity index (χ3v) is 10.2. The largest absolute Gasteiger partial charge is 0.481 e. The maximum absolute atomic E-state index is 12.1. The number of rotatable bonds is 4. The van der Waals surface area contributed by atoms with E-state index in [9.17, 15) is 14.7 Å². The Labute approximate surface area is 169 Å². The van der Waals surface area contributed by atoms with Crippen molar-refractivity contribution in [2.45, 2.75) is 91.1 Å². The zero-order chi connectivity index (χ0) is 20.3. The van der Waals surface area contributed by atoms with Crippen LogP contribution in [0.15, 0.2) is 0 Å². The van der Waals surface area contributed by atoms with E-state index in [-0.39, 0.29) is 23.4 Å². The Morgan fingerprint density at radius 3 is 2.64 bits per heavy atom. The van der Waals surface area contributed by atoms with Crippen LogP contribution in [0.5, 0.6) is 0 Å². The van der Waals surface area contributed by atoms with Gasteiger partial charge in [-0.3, -0.25) is 9.59 Å². The van der Waals surface area contributed by atoms with Crippen molar-refractivity contribution in [1.82, 2.24) is 0 Å². The molecule has 0 aromatic heterocycles. The molecule has 4 rings (SSSR count). The van der Waals surface area contributed by atoms with Crippen LogP contribution >= 0.6 is 0 Å². The average molecular weight is 391 g/mol. The summed E-state index contributed by atoms with van der Waals surface area (Å²) >= 11 is 0. The third-order valence-electron chi connectivity index (χ3n) is 10.2. The lowest BCUT2D eigenvalue weighted by molar-refractivity contribution is -0.171. The molecule has 4 fully saturated rings. The van der Waals surface area contributed by atoms with Gasteiger partial charge < -0.3 is 10.2 Å². The van der Waals surface area contributed by atoms with Crippen molar-refractivity contribution in [1.29, 1.82) is 0 Å². The standard InChI is InChI=1S/C24H38O4/c1-14(4-9-22(27)28)18-7-8-19-17-6-5-15-12-16(25)10-11-23(15,2)20(17)13-21(26)24(18,19)3/h14-15,17-21,26H,4-13H2,1-3H3,(H,27,28)/t14-,15+,17-,18+,19-,20-,21-,23-,24+/m0/s1. The number of aliphatic hydroxyl groups is 1. The highest BCUT2D eigenvalue weighted by atomic mass is 16.4. The first-order chi connectivity index (χ1) is 13.2. The molecular formula is C24H38O4. The Kier molecular flexibility index (Phi) is 5.17. The van der Waals surface area contributed by atoms with Gasteiger partial charge in [0, 0.05) is 19.3 Å². The molecule has 4 aliphatic carbocycles. The Hall–Kier alpha value is -0.900. The van der Waals surface area contributed by atoms with Gasteiger partial charge in [0.15, 0.2) is 0 Å². The predicted octanol–water partition coefficient (Wildman–Crippen LogP) is 4.69. The van der Waals surface area contributed by atoms with Gasteiger partial charge in [-0.1, -0.05) is 20.8 Å². The summed E-state index contributed by atoms with van der Waals surface area (Å²) in [6.07, 6.45) is 8.69. The van der Waals surface area contributed by atoms with E-state index in [0.717, 1.165) is 32.1 Å². The molecule has 0 radical (unpaired) electrons. The van der Waals surface area contributed by atoms with Gasteiger partial charge in [-0.25, -0.2) is 0 Å². The van der Waals surface area contributed by atoms with Crippen molar-refractivity contribution in [3.8, 4) is 0 Å². The van der Waals surface area contributed by atoms with E-state index in [1.165, 1.54) is 19.3 Å². The highest BCUT2D eigenvalue weighted by molar-refractivity contribution is 5.79. The summed E-state index contributed by atoms with van der Waals surface area (Å²) in [7, 11) is 0. The second kappa shape index (κ2) is 7.11. The number of hydrogen-bond acceptors (Lipinski definition) is 3. The predicted molar refractivity (Wildman–Crippen MR) is 108 cm³/mol. The number of aliphatic hydroxyl groups excluding tert-OH is 1. The van der Waals surface area contributed by atoms with E-state index in [4.69, 9.17) is 5.11 Å². The molecule has 0 saturated heterocycles. The fourth-order valence-corrected chi connectivity index (χ4v) is 8.52. The van der Waals surface area contributed by atoms with E-state index >= 15 is 0 Å². The lowest BCUT2D eigenvalue weighted by atomic mass is 9.44. The molecule has 0 amide bonds. The molecule has 158 valence electrons. The van der Waals surface area contributed by atoms with E-state index in [1.54, 1.807) is 0 Å². The number of carboxylic acids is 1. The van der Waals surface area contributed by atoms with Crippen molar-refractivity contribution in [3.05, 3.63) is 0 Å². The van der Waals surface area contributed by atoms with Crippen molar-refractivity contribution in [2.75, 3.05) is 0 Å². The van der Waals surface area contributed by atoms with Gasteiger partial charge >= 0.3 is 5.97 Å². The quantitative estimate of drug-likeness (QED) is 0.730. The minimum absolute atomic E-state index is 0.0766. The maximum atomic E-state index is 12.1. The van der Waals surface area contributed by atoms with Crippen LogP contribution in [0.1, 0.15) is 85.0 Å². The number of carbonyl (C=O) groups excluding carboxylic acids is 1. The molecule has 0 aromatic rings. The molecule has 0 unspecified atom stereocenters. The molecule has 2 N–H and O–H groups in total. The van der Waals surface area contributed by atoms with Crippen LogP contribution in [0, 0.1) is 46.3 Å². The van der Waals surface area contributed by atoms with Crippen molar-refractivity contribution >= 4 is 11.8 Å². The van der Waals surface area contributed by atoms with Gasteiger partial charge in [-0.05, 0) is 91.3 Å². The van der Waals surface area contributed by atoms with Crippen LogP contribution in [0.4, 0.5) is 0 Å². The summed E-state index contributed by atoms with van der Waals surface area (Å²) in [4.78, 5) is 23.1. The van der Waals surface area contributed by atoms with Crippen LogP contribution in [0.25, 0.3) is 0 Å². The third kappa shape index (κ3) is 2.97. The summed E-state index contributed by atoms with van der Waals surface area (Å²) in [6.45, 7) is 6.93. The first-order valence-electron chi connectivity index (χ1n) is 11.6. The molecular weight excluding hydrogens is 352 g/mol. The molecule has 4 heteroatoms. The van der Waals surface area contributed by atoms with E-state index < -0.39 is 5.97 Å². The number of aliphatic carboxylic acids is 1. The van der Waals surface area contributed by atoms with E-state index in [0.29, 0.717) is 47.7 Å². The van der Waals surface area contributed by atoms with E-state index in [1.807, 2.05) is 0 Å². The number of fused-ring (bicyclic) bond motifs is 5. The van der Waals surface area contributed by atoms with Crippen molar-refractivity contribution < 1.29 is 19.8 Å². The topological polar surface area (TPSA) is 74.6 Å². The number of carbonyl (C=O) groups is 2. The Morgan fingerprint density at radius 2 is 1.93 bits per heavy atom. The lowest BCUT2D eigenvalue weighted by Crippen LogP contribution is -2.58. The summed E-state index contributed by atoms with van der Waals surface area (Å²) in [5, 5.41) is 20.5. The molecule has 0 aromatic carbocycles. The number of hydrogen-bond donors (Lipinski definition) is 2. The van der Waals surface area contributed by atoms with Gasteiger partial charge in [-0.15, -0.1) is 0 Å². The maximum Gasteiger partial charge on any atom is 0.303 e. The summed E-state index contributed by atoms with van der Waals surface area (Å²) in [5.74, 6) is 2.76. The van der Waals surface area contributed by atoms with Crippen LogP contribution in [0.2, 0.25) is 0 Å².